The maximum absolute atomic E-state index is 12.6. The maximum atomic E-state index is 12.6. The van der Waals surface area contributed by atoms with Gasteiger partial charge in [-0.3, -0.25) is 14.6 Å². The van der Waals surface area contributed by atoms with Gasteiger partial charge in [0.25, 0.3) is 0 Å². The fraction of sp³-hybridized carbons (Fsp3) is 0.591. The van der Waals surface area contributed by atoms with Crippen molar-refractivity contribution in [2.24, 2.45) is 5.92 Å². The lowest BCUT2D eigenvalue weighted by atomic mass is 9.97. The molecule has 1 atom stereocenters. The molecule has 2 saturated heterocycles. The standard InChI is InChI=1S/C22H30ClN5O3/c23-19-6-1-4-17(14-19)21-25-20(31-26-21)16-28-8-2-5-18(15-28)22(29)24-7-3-9-27-10-12-30-13-11-27/h1,4,6,14,18H,2-3,5,7-13,15-16H2,(H,24,29). The predicted molar refractivity (Wildman–Crippen MR) is 118 cm³/mol. The van der Waals surface area contributed by atoms with Crippen LogP contribution in [0, 0.1) is 5.92 Å². The number of benzene rings is 1. The van der Waals surface area contributed by atoms with Crippen LogP contribution in [0.5, 0.6) is 0 Å². The number of nitrogens with one attached hydrogen (secondary N) is 1. The summed E-state index contributed by atoms with van der Waals surface area (Å²) in [7, 11) is 0. The van der Waals surface area contributed by atoms with E-state index in [2.05, 4.69) is 25.3 Å². The van der Waals surface area contributed by atoms with E-state index in [4.69, 9.17) is 20.9 Å². The minimum Gasteiger partial charge on any atom is -0.379 e. The summed E-state index contributed by atoms with van der Waals surface area (Å²) in [6, 6.07) is 7.40. The van der Waals surface area contributed by atoms with Gasteiger partial charge in [0.1, 0.15) is 0 Å². The van der Waals surface area contributed by atoms with E-state index in [1.165, 1.54) is 0 Å². The van der Waals surface area contributed by atoms with E-state index in [1.54, 1.807) is 0 Å². The highest BCUT2D eigenvalue weighted by Crippen LogP contribution is 2.22. The molecule has 0 aliphatic carbocycles. The number of ether oxygens (including phenoxy) is 1. The van der Waals surface area contributed by atoms with Crippen LogP contribution in [0.2, 0.25) is 5.02 Å². The molecule has 9 heteroatoms. The zero-order valence-electron chi connectivity index (χ0n) is 17.8. The van der Waals surface area contributed by atoms with Crippen molar-refractivity contribution in [1.29, 1.82) is 0 Å². The number of nitrogens with zero attached hydrogens (tertiary/aromatic N) is 4. The van der Waals surface area contributed by atoms with E-state index < -0.39 is 0 Å². The smallest absolute Gasteiger partial charge is 0.241 e. The average molecular weight is 448 g/mol. The van der Waals surface area contributed by atoms with E-state index in [0.29, 0.717) is 29.8 Å². The molecule has 0 spiro atoms. The van der Waals surface area contributed by atoms with Crippen molar-refractivity contribution < 1.29 is 14.1 Å². The predicted octanol–water partition coefficient (Wildman–Crippen LogP) is 2.44. The first-order valence-corrected chi connectivity index (χ1v) is 11.4. The minimum atomic E-state index is 0.00691. The molecular weight excluding hydrogens is 418 g/mol. The Balaban J connectivity index is 1.21. The zero-order valence-corrected chi connectivity index (χ0v) is 18.5. The summed E-state index contributed by atoms with van der Waals surface area (Å²) in [5, 5.41) is 7.83. The van der Waals surface area contributed by atoms with Crippen LogP contribution in [-0.2, 0) is 16.1 Å². The second kappa shape index (κ2) is 11.0. The maximum Gasteiger partial charge on any atom is 0.241 e. The van der Waals surface area contributed by atoms with Crippen molar-refractivity contribution in [3.63, 3.8) is 0 Å². The summed E-state index contributed by atoms with van der Waals surface area (Å²) in [6.45, 7) is 7.51. The summed E-state index contributed by atoms with van der Waals surface area (Å²) in [5.74, 6) is 1.25. The van der Waals surface area contributed by atoms with Crippen LogP contribution < -0.4 is 5.32 Å². The molecule has 8 nitrogen and oxygen atoms in total. The second-order valence-corrected chi connectivity index (χ2v) is 8.63. The molecule has 1 aromatic heterocycles. The number of aromatic nitrogens is 2. The molecule has 2 aliphatic heterocycles. The number of likely N-dealkylation sites (tertiary alicyclic amines) is 1. The fourth-order valence-corrected chi connectivity index (χ4v) is 4.34. The van der Waals surface area contributed by atoms with Crippen LogP contribution in [0.15, 0.2) is 28.8 Å². The van der Waals surface area contributed by atoms with Gasteiger partial charge in [-0.05, 0) is 44.5 Å². The van der Waals surface area contributed by atoms with Crippen LogP contribution in [0.25, 0.3) is 11.4 Å². The Morgan fingerprint density at radius 3 is 2.94 bits per heavy atom. The third-order valence-corrected chi connectivity index (χ3v) is 6.08. The van der Waals surface area contributed by atoms with Crippen molar-refractivity contribution in [1.82, 2.24) is 25.3 Å². The number of piperidine rings is 1. The molecule has 3 heterocycles. The van der Waals surface area contributed by atoms with Crippen LogP contribution in [-0.4, -0.2) is 78.3 Å². The Morgan fingerprint density at radius 2 is 2.10 bits per heavy atom. The van der Waals surface area contributed by atoms with Gasteiger partial charge >= 0.3 is 0 Å². The van der Waals surface area contributed by atoms with E-state index >= 15 is 0 Å². The first-order chi connectivity index (χ1) is 15.2. The van der Waals surface area contributed by atoms with Gasteiger partial charge in [-0.25, -0.2) is 0 Å². The molecule has 1 unspecified atom stereocenters. The second-order valence-electron chi connectivity index (χ2n) is 8.19. The number of morpholine rings is 1. The largest absolute Gasteiger partial charge is 0.379 e. The first kappa shape index (κ1) is 22.2. The fourth-order valence-electron chi connectivity index (χ4n) is 4.15. The van der Waals surface area contributed by atoms with E-state index in [-0.39, 0.29) is 11.8 Å². The van der Waals surface area contributed by atoms with Gasteiger partial charge in [0.15, 0.2) is 0 Å². The quantitative estimate of drug-likeness (QED) is 0.622. The van der Waals surface area contributed by atoms with Gasteiger partial charge in [-0.1, -0.05) is 28.9 Å². The average Bonchev–Trinajstić information content (AvgIpc) is 3.26. The summed E-state index contributed by atoms with van der Waals surface area (Å²) >= 11 is 6.05. The molecule has 2 aromatic rings. The molecule has 168 valence electrons. The number of hydrogen-bond donors (Lipinski definition) is 1. The third kappa shape index (κ3) is 6.49. The van der Waals surface area contributed by atoms with Gasteiger partial charge in [0.05, 0.1) is 25.7 Å². The van der Waals surface area contributed by atoms with Gasteiger partial charge in [0, 0.05) is 36.8 Å². The third-order valence-electron chi connectivity index (χ3n) is 5.84. The Labute approximate surface area is 187 Å². The number of amides is 1. The molecule has 1 aromatic carbocycles. The topological polar surface area (TPSA) is 83.7 Å². The van der Waals surface area contributed by atoms with Gasteiger partial charge < -0.3 is 14.6 Å². The van der Waals surface area contributed by atoms with Crippen molar-refractivity contribution in [3.05, 3.63) is 35.2 Å². The van der Waals surface area contributed by atoms with Crippen LogP contribution >= 0.6 is 11.6 Å². The van der Waals surface area contributed by atoms with Crippen molar-refractivity contribution in [2.75, 3.05) is 52.5 Å². The normalized spacial score (nSPS) is 20.6. The van der Waals surface area contributed by atoms with Crippen molar-refractivity contribution in [3.8, 4) is 11.4 Å². The molecule has 1 amide bonds. The molecule has 1 N–H and O–H groups in total. The molecule has 0 radical (unpaired) electrons. The van der Waals surface area contributed by atoms with E-state index in [1.807, 2.05) is 24.3 Å². The molecular formula is C22H30ClN5O3. The number of halogens is 1. The van der Waals surface area contributed by atoms with E-state index in [0.717, 1.165) is 70.8 Å². The highest BCUT2D eigenvalue weighted by atomic mass is 35.5. The first-order valence-electron chi connectivity index (χ1n) is 11.1. The van der Waals surface area contributed by atoms with E-state index in [9.17, 15) is 4.79 Å². The molecule has 4 rings (SSSR count). The minimum absolute atomic E-state index is 0.00691. The number of rotatable bonds is 8. The Morgan fingerprint density at radius 1 is 1.23 bits per heavy atom. The van der Waals surface area contributed by atoms with Crippen LogP contribution in [0.3, 0.4) is 0 Å². The molecule has 2 aliphatic rings. The zero-order chi connectivity index (χ0) is 21.5. The SMILES string of the molecule is O=C(NCCCN1CCOCC1)C1CCCN(Cc2nc(-c3cccc(Cl)c3)no2)C1. The van der Waals surface area contributed by atoms with Gasteiger partial charge in [-0.2, -0.15) is 4.98 Å². The highest BCUT2D eigenvalue weighted by molar-refractivity contribution is 6.30. The lowest BCUT2D eigenvalue weighted by molar-refractivity contribution is -0.126. The number of carbonyl (C=O) groups excluding carboxylic acids is 1. The van der Waals surface area contributed by atoms with Crippen molar-refractivity contribution in [2.45, 2.75) is 25.8 Å². The lowest BCUT2D eigenvalue weighted by Gasteiger charge is -2.31. The number of hydrogen-bond acceptors (Lipinski definition) is 7. The number of carbonyl (C=O) groups is 1. The lowest BCUT2D eigenvalue weighted by Crippen LogP contribution is -2.43. The molecule has 0 bridgehead atoms. The molecule has 2 fully saturated rings. The summed E-state index contributed by atoms with van der Waals surface area (Å²) in [6.07, 6.45) is 2.88. The van der Waals surface area contributed by atoms with Crippen LogP contribution in [0.4, 0.5) is 0 Å². The Kier molecular flexibility index (Phi) is 7.91. The summed E-state index contributed by atoms with van der Waals surface area (Å²) in [4.78, 5) is 21.7. The van der Waals surface area contributed by atoms with Gasteiger partial charge in [-0.15, -0.1) is 0 Å². The Bertz CT molecular complexity index is 855. The summed E-state index contributed by atoms with van der Waals surface area (Å²) < 4.78 is 10.8. The summed E-state index contributed by atoms with van der Waals surface area (Å²) in [5.41, 5.74) is 0.829. The van der Waals surface area contributed by atoms with Crippen LogP contribution in [0.1, 0.15) is 25.2 Å². The highest BCUT2D eigenvalue weighted by Gasteiger charge is 2.26. The monoisotopic (exact) mass is 447 g/mol. The van der Waals surface area contributed by atoms with Crippen molar-refractivity contribution >= 4 is 17.5 Å². The van der Waals surface area contributed by atoms with Gasteiger partial charge in [0.2, 0.25) is 17.6 Å². The molecule has 31 heavy (non-hydrogen) atoms. The Hall–Kier alpha value is -2.00. The molecule has 0 saturated carbocycles.